The molecule has 1 aliphatic carbocycles. The molecule has 1 unspecified atom stereocenters. The zero-order valence-electron chi connectivity index (χ0n) is 10.4. The number of anilines is 1. The predicted octanol–water partition coefficient (Wildman–Crippen LogP) is 2.57. The lowest BCUT2D eigenvalue weighted by Gasteiger charge is -2.33. The quantitative estimate of drug-likeness (QED) is 0.864. The van der Waals surface area contributed by atoms with Crippen molar-refractivity contribution in [3.63, 3.8) is 0 Å². The van der Waals surface area contributed by atoms with E-state index in [-0.39, 0.29) is 0 Å². The molecule has 0 spiro atoms. The summed E-state index contributed by atoms with van der Waals surface area (Å²) in [4.78, 5) is 2.60. The summed E-state index contributed by atoms with van der Waals surface area (Å²) >= 11 is 0. The zero-order valence-corrected chi connectivity index (χ0v) is 10.4. The maximum absolute atomic E-state index is 6.01. The summed E-state index contributed by atoms with van der Waals surface area (Å²) in [5.41, 5.74) is 8.98. The van der Waals surface area contributed by atoms with E-state index in [0.717, 1.165) is 12.5 Å². The van der Waals surface area contributed by atoms with Gasteiger partial charge in [0.1, 0.15) is 0 Å². The fourth-order valence-electron chi connectivity index (χ4n) is 3.12. The van der Waals surface area contributed by atoms with Crippen molar-refractivity contribution < 1.29 is 0 Å². The second-order valence-corrected chi connectivity index (χ2v) is 5.42. The molecular weight excluding hydrogens is 208 g/mol. The summed E-state index contributed by atoms with van der Waals surface area (Å²) in [7, 11) is 0. The monoisotopic (exact) mass is 230 g/mol. The number of rotatable bonds is 3. The minimum Gasteiger partial charge on any atom is -0.367 e. The highest BCUT2D eigenvalue weighted by Gasteiger charge is 2.35. The van der Waals surface area contributed by atoms with Gasteiger partial charge in [-0.1, -0.05) is 18.2 Å². The minimum absolute atomic E-state index is 0.578. The number of aryl methyl sites for hydroxylation is 1. The topological polar surface area (TPSA) is 29.3 Å². The van der Waals surface area contributed by atoms with Crippen molar-refractivity contribution in [1.29, 1.82) is 0 Å². The molecule has 0 radical (unpaired) electrons. The molecule has 2 nitrogen and oxygen atoms in total. The third-order valence-corrected chi connectivity index (χ3v) is 4.20. The Morgan fingerprint density at radius 3 is 2.82 bits per heavy atom. The zero-order chi connectivity index (χ0) is 11.7. The number of nitrogens with two attached hydrogens (primary N) is 1. The number of fused-ring (bicyclic) bond motifs is 1. The summed E-state index contributed by atoms with van der Waals surface area (Å²) in [5, 5.41) is 0. The average Bonchev–Trinajstić information content (AvgIpc) is 3.18. The van der Waals surface area contributed by atoms with E-state index < -0.39 is 0 Å². The molecular formula is C15H22N2. The van der Waals surface area contributed by atoms with Crippen LogP contribution in [0.25, 0.3) is 0 Å². The van der Waals surface area contributed by atoms with E-state index in [4.69, 9.17) is 5.73 Å². The van der Waals surface area contributed by atoms with Crippen LogP contribution in [0.2, 0.25) is 0 Å². The van der Waals surface area contributed by atoms with Crippen LogP contribution >= 0.6 is 0 Å². The van der Waals surface area contributed by atoms with Crippen LogP contribution in [0.5, 0.6) is 0 Å². The molecule has 0 saturated heterocycles. The molecule has 1 aromatic rings. The van der Waals surface area contributed by atoms with Crippen molar-refractivity contribution in [1.82, 2.24) is 0 Å². The summed E-state index contributed by atoms with van der Waals surface area (Å²) in [6, 6.07) is 9.48. The van der Waals surface area contributed by atoms with E-state index in [1.54, 1.807) is 0 Å². The molecule has 1 fully saturated rings. The predicted molar refractivity (Wildman–Crippen MR) is 72.3 cm³/mol. The van der Waals surface area contributed by atoms with Gasteiger partial charge in [0.05, 0.1) is 0 Å². The summed E-state index contributed by atoms with van der Waals surface area (Å²) in [6.07, 6.45) is 6.60. The molecule has 1 saturated carbocycles. The first-order valence-electron chi connectivity index (χ1n) is 6.95. The van der Waals surface area contributed by atoms with Crippen LogP contribution in [-0.4, -0.2) is 19.1 Å². The van der Waals surface area contributed by atoms with Crippen molar-refractivity contribution in [3.05, 3.63) is 29.8 Å². The molecule has 3 rings (SSSR count). The molecule has 0 aromatic heterocycles. The van der Waals surface area contributed by atoms with E-state index in [2.05, 4.69) is 29.2 Å². The Balaban J connectivity index is 1.92. The Labute approximate surface area is 104 Å². The molecule has 2 aliphatic rings. The largest absolute Gasteiger partial charge is 0.367 e. The van der Waals surface area contributed by atoms with Gasteiger partial charge in [-0.25, -0.2) is 0 Å². The maximum atomic E-state index is 6.01. The van der Waals surface area contributed by atoms with E-state index in [1.165, 1.54) is 49.9 Å². The van der Waals surface area contributed by atoms with Gasteiger partial charge in [-0.15, -0.1) is 0 Å². The van der Waals surface area contributed by atoms with E-state index in [9.17, 15) is 0 Å². The Morgan fingerprint density at radius 2 is 2.06 bits per heavy atom. The highest BCUT2D eigenvalue weighted by atomic mass is 15.2. The summed E-state index contributed by atoms with van der Waals surface area (Å²) < 4.78 is 0. The lowest BCUT2D eigenvalue weighted by Crippen LogP contribution is -2.43. The first kappa shape index (κ1) is 11.1. The fraction of sp³-hybridized carbons (Fsp3) is 0.600. The highest BCUT2D eigenvalue weighted by Crippen LogP contribution is 2.38. The van der Waals surface area contributed by atoms with Crippen molar-refractivity contribution in [2.75, 3.05) is 18.0 Å². The molecule has 0 bridgehead atoms. The molecule has 2 heteroatoms. The van der Waals surface area contributed by atoms with Gasteiger partial charge in [-0.05, 0) is 49.7 Å². The Kier molecular flexibility index (Phi) is 3.06. The minimum atomic E-state index is 0.578. The maximum Gasteiger partial charge on any atom is 0.0440 e. The van der Waals surface area contributed by atoms with Crippen molar-refractivity contribution >= 4 is 5.69 Å². The third-order valence-electron chi connectivity index (χ3n) is 4.20. The normalized spacial score (nSPS) is 21.8. The molecule has 17 heavy (non-hydrogen) atoms. The van der Waals surface area contributed by atoms with E-state index in [0.29, 0.717) is 6.04 Å². The van der Waals surface area contributed by atoms with Crippen LogP contribution in [0.15, 0.2) is 24.3 Å². The Bertz CT molecular complexity index is 384. The van der Waals surface area contributed by atoms with Gasteiger partial charge in [-0.3, -0.25) is 0 Å². The smallest absolute Gasteiger partial charge is 0.0440 e. The van der Waals surface area contributed by atoms with Crippen LogP contribution in [-0.2, 0) is 6.42 Å². The molecule has 1 aromatic carbocycles. The lowest BCUT2D eigenvalue weighted by atomic mass is 10.1. The van der Waals surface area contributed by atoms with Crippen LogP contribution in [0.3, 0.4) is 0 Å². The van der Waals surface area contributed by atoms with E-state index >= 15 is 0 Å². The highest BCUT2D eigenvalue weighted by molar-refractivity contribution is 5.55. The molecule has 0 amide bonds. The van der Waals surface area contributed by atoms with Gasteiger partial charge in [0.25, 0.3) is 0 Å². The first-order valence-corrected chi connectivity index (χ1v) is 6.95. The average molecular weight is 230 g/mol. The summed E-state index contributed by atoms with van der Waals surface area (Å²) in [5.74, 6) is 0.853. The van der Waals surface area contributed by atoms with Gasteiger partial charge in [-0.2, -0.15) is 0 Å². The lowest BCUT2D eigenvalue weighted by molar-refractivity contribution is 0.533. The van der Waals surface area contributed by atoms with Gasteiger partial charge in [0.15, 0.2) is 0 Å². The number of hydrogen-bond acceptors (Lipinski definition) is 2. The molecule has 92 valence electrons. The summed E-state index contributed by atoms with van der Waals surface area (Å²) in [6.45, 7) is 1.99. The van der Waals surface area contributed by atoms with Crippen molar-refractivity contribution in [2.45, 2.75) is 38.1 Å². The molecule has 1 atom stereocenters. The number of hydrogen-bond donors (Lipinski definition) is 1. The second kappa shape index (κ2) is 4.69. The first-order chi connectivity index (χ1) is 8.40. The SMILES string of the molecule is NCC(C1CC1)N1CCCCc2ccccc21. The standard InChI is InChI=1S/C15H22N2/c16-11-15(13-8-9-13)17-10-4-3-6-12-5-1-2-7-14(12)17/h1-2,5,7,13,15H,3-4,6,8-11,16H2. The van der Waals surface area contributed by atoms with Crippen molar-refractivity contribution in [3.8, 4) is 0 Å². The van der Waals surface area contributed by atoms with E-state index in [1.807, 2.05) is 0 Å². The molecule has 2 N–H and O–H groups in total. The second-order valence-electron chi connectivity index (χ2n) is 5.42. The van der Waals surface area contributed by atoms with Crippen LogP contribution in [0.1, 0.15) is 31.2 Å². The van der Waals surface area contributed by atoms with Crippen molar-refractivity contribution in [2.24, 2.45) is 11.7 Å². The van der Waals surface area contributed by atoms with Gasteiger partial charge < -0.3 is 10.6 Å². The number of benzene rings is 1. The Morgan fingerprint density at radius 1 is 1.24 bits per heavy atom. The van der Waals surface area contributed by atoms with Crippen LogP contribution in [0.4, 0.5) is 5.69 Å². The van der Waals surface area contributed by atoms with Gasteiger partial charge in [0.2, 0.25) is 0 Å². The fourth-order valence-corrected chi connectivity index (χ4v) is 3.12. The molecule has 1 heterocycles. The van der Waals surface area contributed by atoms with Gasteiger partial charge >= 0.3 is 0 Å². The van der Waals surface area contributed by atoms with Crippen LogP contribution < -0.4 is 10.6 Å². The van der Waals surface area contributed by atoms with Crippen LogP contribution in [0, 0.1) is 5.92 Å². The molecule has 1 aliphatic heterocycles. The number of para-hydroxylation sites is 1. The van der Waals surface area contributed by atoms with Gasteiger partial charge in [0, 0.05) is 24.8 Å². The number of nitrogens with zero attached hydrogens (tertiary/aromatic N) is 1. The third kappa shape index (κ3) is 2.19. The Hall–Kier alpha value is -1.02.